The van der Waals surface area contributed by atoms with Gasteiger partial charge in [-0.1, -0.05) is 45.9 Å². The summed E-state index contributed by atoms with van der Waals surface area (Å²) in [5, 5.41) is 7.41. The average molecular weight is 898 g/mol. The number of H-pyrrole nitrogens is 2. The summed E-state index contributed by atoms with van der Waals surface area (Å²) in [6.07, 6.45) is 1.82. The predicted molar refractivity (Wildman–Crippen MR) is 234 cm³/mol. The number of likely N-dealkylation sites (tertiary alicyclic amines) is 2. The monoisotopic (exact) mass is 896 g/mol. The number of alkyl carbamates (subject to hydrolysis) is 2. The lowest BCUT2D eigenvalue weighted by Crippen LogP contribution is -2.52. The van der Waals surface area contributed by atoms with Gasteiger partial charge in [0, 0.05) is 28.6 Å². The maximum absolute atomic E-state index is 14.0. The molecule has 0 aliphatic carbocycles. The van der Waals surface area contributed by atoms with E-state index in [1.165, 1.54) is 14.2 Å². The number of fused-ring (bicyclic) bond motifs is 6. The molecule has 5 heterocycles. The molecule has 0 unspecified atom stereocenters. The van der Waals surface area contributed by atoms with Crippen LogP contribution in [0.1, 0.15) is 96.5 Å². The summed E-state index contributed by atoms with van der Waals surface area (Å²) in [6, 6.07) is 12.5. The van der Waals surface area contributed by atoms with E-state index in [1.807, 2.05) is 57.4 Å². The summed E-state index contributed by atoms with van der Waals surface area (Å²) >= 11 is 3.72. The third-order valence-corrected chi connectivity index (χ3v) is 13.2. The van der Waals surface area contributed by atoms with Gasteiger partial charge >= 0.3 is 12.2 Å². The number of rotatable bonds is 9. The molecule has 61 heavy (non-hydrogen) atoms. The Balaban J connectivity index is 1.06. The summed E-state index contributed by atoms with van der Waals surface area (Å²) in [6.45, 7) is 12.0. The molecule has 2 fully saturated rings. The Hall–Kier alpha value is -5.64. The maximum Gasteiger partial charge on any atom is 0.407 e. The van der Waals surface area contributed by atoms with Crippen LogP contribution in [0.2, 0.25) is 0 Å². The molecule has 16 heteroatoms. The van der Waals surface area contributed by atoms with Crippen LogP contribution in [-0.2, 0) is 25.7 Å². The van der Waals surface area contributed by atoms with Crippen LogP contribution in [0, 0.1) is 11.8 Å². The third-order valence-electron chi connectivity index (χ3n) is 12.6. The highest BCUT2D eigenvalue weighted by atomic mass is 79.9. The number of nitrogens with one attached hydrogen (secondary N) is 4. The molecule has 0 radical (unpaired) electrons. The zero-order chi connectivity index (χ0) is 43.4. The van der Waals surface area contributed by atoms with E-state index >= 15 is 0 Å². The number of hydrogen-bond acceptors (Lipinski definition) is 9. The Morgan fingerprint density at radius 1 is 0.770 bits per heavy atom. The molecule has 8 rings (SSSR count). The molecule has 0 bridgehead atoms. The van der Waals surface area contributed by atoms with Crippen LogP contribution in [0.15, 0.2) is 47.1 Å². The van der Waals surface area contributed by atoms with Crippen molar-refractivity contribution in [3.05, 3.63) is 64.3 Å². The van der Waals surface area contributed by atoms with Crippen LogP contribution < -0.4 is 15.4 Å². The van der Waals surface area contributed by atoms with Gasteiger partial charge in [-0.25, -0.2) is 19.6 Å². The molecule has 322 valence electrons. The van der Waals surface area contributed by atoms with E-state index in [2.05, 4.69) is 72.9 Å². The number of amides is 4. The second-order valence-corrected chi connectivity index (χ2v) is 18.0. The van der Waals surface area contributed by atoms with Crippen molar-refractivity contribution < 1.29 is 33.4 Å². The van der Waals surface area contributed by atoms with Gasteiger partial charge in [0.1, 0.15) is 46.4 Å². The van der Waals surface area contributed by atoms with E-state index in [0.29, 0.717) is 22.9 Å². The van der Waals surface area contributed by atoms with Crippen molar-refractivity contribution in [2.24, 2.45) is 11.8 Å². The predicted octanol–water partition coefficient (Wildman–Crippen LogP) is 8.29. The Labute approximate surface area is 362 Å². The highest BCUT2D eigenvalue weighted by Gasteiger charge is 2.43. The summed E-state index contributed by atoms with van der Waals surface area (Å²) in [5.74, 6) is 1.55. The summed E-state index contributed by atoms with van der Waals surface area (Å²) < 4.78 is 16.8. The van der Waals surface area contributed by atoms with E-state index in [-0.39, 0.29) is 47.8 Å². The number of imidazole rings is 2. The van der Waals surface area contributed by atoms with Crippen molar-refractivity contribution in [1.29, 1.82) is 0 Å². The van der Waals surface area contributed by atoms with E-state index in [1.54, 1.807) is 0 Å². The standard InChI is InChI=1S/C45H53BrN8O7/c1-21(2)35(50-44(57)59-7)42(55)53-23(5)9-15-32(53)40-47-31-14-12-25-18-30-28-13-11-26(17-27(28)20-61-34(30)19-29(25)38(31)49-40)37-39(46)52-41(48-37)33-16-10-24(6)54(33)43(56)36(22(3)4)51-45(58)60-8/h11-14,17-19,21-24,32-33,35-36H,9-10,15-16,20H2,1-8H3,(H,47,49)(H,48,52)(H,50,57)(H,51,58)/t23-,24-,32-,33-,35-,36-/m0/s1. The first-order valence-corrected chi connectivity index (χ1v) is 21.8. The van der Waals surface area contributed by atoms with Crippen LogP contribution in [-0.4, -0.2) is 92.1 Å². The molecule has 3 aliphatic heterocycles. The summed E-state index contributed by atoms with van der Waals surface area (Å²) in [5.41, 5.74) is 6.36. The second-order valence-electron chi connectivity index (χ2n) is 17.2. The van der Waals surface area contributed by atoms with Gasteiger partial charge in [0.25, 0.3) is 0 Å². The van der Waals surface area contributed by atoms with Crippen LogP contribution in [0.3, 0.4) is 0 Å². The fourth-order valence-corrected chi connectivity index (χ4v) is 9.82. The molecule has 0 spiro atoms. The van der Waals surface area contributed by atoms with Gasteiger partial charge in [-0.05, 0) is 108 Å². The van der Waals surface area contributed by atoms with E-state index in [4.69, 9.17) is 24.2 Å². The first-order valence-electron chi connectivity index (χ1n) is 21.0. The number of halogens is 1. The maximum atomic E-state index is 14.0. The summed E-state index contributed by atoms with van der Waals surface area (Å²) in [7, 11) is 2.58. The lowest BCUT2D eigenvalue weighted by molar-refractivity contribution is -0.138. The minimum Gasteiger partial charge on any atom is -0.488 e. The largest absolute Gasteiger partial charge is 0.488 e. The van der Waals surface area contributed by atoms with Crippen molar-refractivity contribution in [2.75, 3.05) is 14.2 Å². The molecule has 4 N–H and O–H groups in total. The van der Waals surface area contributed by atoms with E-state index in [9.17, 15) is 19.2 Å². The zero-order valence-corrected chi connectivity index (χ0v) is 37.3. The van der Waals surface area contributed by atoms with Crippen LogP contribution >= 0.6 is 15.9 Å². The molecule has 5 aromatic rings. The molecule has 2 aromatic heterocycles. The first kappa shape index (κ1) is 42.1. The summed E-state index contributed by atoms with van der Waals surface area (Å²) in [4.78, 5) is 73.0. The number of carbonyl (C=O) groups excluding carboxylic acids is 4. The van der Waals surface area contributed by atoms with Crippen LogP contribution in [0.25, 0.3) is 44.2 Å². The Kier molecular flexibility index (Phi) is 11.5. The molecular formula is C45H53BrN8O7. The minimum absolute atomic E-state index is 0.0293. The van der Waals surface area contributed by atoms with Crippen molar-refractivity contribution >= 4 is 61.7 Å². The topological polar surface area (TPSA) is 184 Å². The molecule has 6 atom stereocenters. The van der Waals surface area contributed by atoms with Crippen molar-refractivity contribution in [2.45, 2.75) is 110 Å². The van der Waals surface area contributed by atoms with Crippen LogP contribution in [0.5, 0.6) is 5.75 Å². The zero-order valence-electron chi connectivity index (χ0n) is 35.7. The number of nitrogens with zero attached hydrogens (tertiary/aromatic N) is 4. The number of ether oxygens (including phenoxy) is 3. The minimum atomic E-state index is -0.734. The van der Waals surface area contributed by atoms with Gasteiger partial charge in [0.15, 0.2) is 0 Å². The molecule has 0 saturated carbocycles. The Bertz CT molecular complexity index is 2530. The SMILES string of the molecule is COC(=O)N[C@H](C(=O)N1[C@@H](C)CC[C@H]1c1nc(-c2ccc3c(c2)COc2cc4c(ccc5[nH]c([C@@H]6CC[C@H](C)N6C(=O)[C@@H](NC(=O)OC)C(C)C)nc54)cc2-3)c(Br)[nH]1)C(C)C. The number of carbonyl (C=O) groups is 4. The van der Waals surface area contributed by atoms with Crippen molar-refractivity contribution in [3.8, 4) is 28.1 Å². The van der Waals surface area contributed by atoms with E-state index < -0.39 is 24.3 Å². The number of aromatic nitrogens is 4. The van der Waals surface area contributed by atoms with Crippen molar-refractivity contribution in [3.63, 3.8) is 0 Å². The number of methoxy groups -OCH3 is 2. The molecule has 3 aromatic carbocycles. The number of hydrogen-bond donors (Lipinski definition) is 4. The Morgan fingerprint density at radius 3 is 1.93 bits per heavy atom. The smallest absolute Gasteiger partial charge is 0.407 e. The van der Waals surface area contributed by atoms with Gasteiger partial charge in [0.05, 0.1) is 37.3 Å². The number of benzene rings is 3. The van der Waals surface area contributed by atoms with Gasteiger partial charge in [0.2, 0.25) is 11.8 Å². The third kappa shape index (κ3) is 7.67. The molecule has 15 nitrogen and oxygen atoms in total. The highest BCUT2D eigenvalue weighted by Crippen LogP contribution is 2.45. The molecule has 4 amide bonds. The quantitative estimate of drug-likeness (QED) is 0.113. The first-order chi connectivity index (χ1) is 29.2. The fraction of sp³-hybridized carbons (Fsp3) is 0.467. The highest BCUT2D eigenvalue weighted by molar-refractivity contribution is 9.10. The van der Waals surface area contributed by atoms with Crippen LogP contribution in [0.4, 0.5) is 9.59 Å². The van der Waals surface area contributed by atoms with Gasteiger partial charge in [-0.3, -0.25) is 9.59 Å². The van der Waals surface area contributed by atoms with Crippen molar-refractivity contribution in [1.82, 2.24) is 40.4 Å². The average Bonchev–Trinajstić information content (AvgIpc) is 4.04. The lowest BCUT2D eigenvalue weighted by Gasteiger charge is -2.32. The molecule has 3 aliphatic rings. The fourth-order valence-electron chi connectivity index (χ4n) is 9.30. The van der Waals surface area contributed by atoms with Gasteiger partial charge in [-0.15, -0.1) is 0 Å². The molecule has 2 saturated heterocycles. The normalized spacial score (nSPS) is 20.7. The van der Waals surface area contributed by atoms with E-state index in [0.717, 1.165) is 81.2 Å². The number of aromatic amines is 2. The van der Waals surface area contributed by atoms with Gasteiger partial charge in [-0.2, -0.15) is 0 Å². The molecular weight excluding hydrogens is 844 g/mol. The Morgan fingerprint density at radius 2 is 1.36 bits per heavy atom. The lowest BCUT2D eigenvalue weighted by atomic mass is 9.92. The second kappa shape index (κ2) is 16.7. The van der Waals surface area contributed by atoms with Gasteiger partial charge < -0.3 is 44.6 Å².